The highest BCUT2D eigenvalue weighted by molar-refractivity contribution is 5.73. The largest absolute Gasteiger partial charge is 0.416 e. The Labute approximate surface area is 131 Å². The summed E-state index contributed by atoms with van der Waals surface area (Å²) in [5, 5.41) is 8.42. The van der Waals surface area contributed by atoms with E-state index >= 15 is 0 Å². The monoisotopic (exact) mass is 292 g/mol. The molecule has 0 spiro atoms. The van der Waals surface area contributed by atoms with Crippen LogP contribution in [0.1, 0.15) is 39.0 Å². The molecule has 3 nitrogen and oxygen atoms in total. The molecule has 1 aromatic rings. The van der Waals surface area contributed by atoms with Gasteiger partial charge in [-0.1, -0.05) is 54.5 Å². The fourth-order valence-corrected chi connectivity index (χ4v) is 2.57. The molecule has 1 atom stereocenters. The average molecular weight is 292 g/mol. The van der Waals surface area contributed by atoms with E-state index in [0.717, 1.165) is 17.6 Å². The van der Waals surface area contributed by atoms with Crippen molar-refractivity contribution in [3.63, 3.8) is 0 Å². The summed E-state index contributed by atoms with van der Waals surface area (Å²) in [6, 6.07) is 0. The van der Waals surface area contributed by atoms with Crippen molar-refractivity contribution in [2.75, 3.05) is 0 Å². The van der Waals surface area contributed by atoms with Crippen LogP contribution in [0.2, 0.25) is 0 Å². The predicted octanol–water partition coefficient (Wildman–Crippen LogP) is 4.89. The minimum Gasteiger partial charge on any atom is -0.416 e. The highest BCUT2D eigenvalue weighted by Crippen LogP contribution is 2.25. The molecule has 2 aliphatic rings. The van der Waals surface area contributed by atoms with Gasteiger partial charge in [0.25, 0.3) is 0 Å². The van der Waals surface area contributed by atoms with Gasteiger partial charge in [0.05, 0.1) is 0 Å². The molecule has 3 rings (SSSR count). The van der Waals surface area contributed by atoms with Crippen molar-refractivity contribution >= 4 is 11.1 Å². The Morgan fingerprint density at radius 2 is 1.55 bits per heavy atom. The first-order valence-corrected chi connectivity index (χ1v) is 7.59. The van der Waals surface area contributed by atoms with Gasteiger partial charge in [0.2, 0.25) is 11.8 Å². The molecule has 0 N–H and O–H groups in total. The highest BCUT2D eigenvalue weighted by atomic mass is 16.4. The lowest BCUT2D eigenvalue weighted by molar-refractivity contribution is 0.526. The van der Waals surface area contributed by atoms with Gasteiger partial charge in [0, 0.05) is 11.1 Å². The number of nitrogens with zero attached hydrogens (tertiary/aromatic N) is 2. The van der Waals surface area contributed by atoms with Gasteiger partial charge < -0.3 is 4.42 Å². The van der Waals surface area contributed by atoms with Crippen molar-refractivity contribution in [2.24, 2.45) is 5.92 Å². The van der Waals surface area contributed by atoms with Gasteiger partial charge in [-0.3, -0.25) is 0 Å². The molecule has 0 aromatic carbocycles. The summed E-state index contributed by atoms with van der Waals surface area (Å²) in [5.74, 6) is 1.50. The maximum absolute atomic E-state index is 5.88. The third-order valence-electron chi connectivity index (χ3n) is 3.72. The van der Waals surface area contributed by atoms with Gasteiger partial charge in [0.15, 0.2) is 0 Å². The minimum atomic E-state index is 0.351. The zero-order chi connectivity index (χ0) is 15.5. The summed E-state index contributed by atoms with van der Waals surface area (Å²) in [5.41, 5.74) is 4.45. The second-order valence-electron chi connectivity index (χ2n) is 5.81. The molecular weight excluding hydrogens is 272 g/mol. The van der Waals surface area contributed by atoms with Crippen molar-refractivity contribution in [1.29, 1.82) is 0 Å². The molecular formula is C19H20N2O. The third kappa shape index (κ3) is 3.25. The molecule has 0 aliphatic heterocycles. The van der Waals surface area contributed by atoms with Crippen LogP contribution < -0.4 is 0 Å². The van der Waals surface area contributed by atoms with Crippen molar-refractivity contribution < 1.29 is 4.42 Å². The third-order valence-corrected chi connectivity index (χ3v) is 3.72. The van der Waals surface area contributed by atoms with Gasteiger partial charge >= 0.3 is 0 Å². The summed E-state index contributed by atoms with van der Waals surface area (Å²) < 4.78 is 5.88. The van der Waals surface area contributed by atoms with E-state index in [0.29, 0.717) is 17.7 Å². The molecule has 0 fully saturated rings. The highest BCUT2D eigenvalue weighted by Gasteiger charge is 2.14. The van der Waals surface area contributed by atoms with Gasteiger partial charge in [-0.2, -0.15) is 0 Å². The summed E-state index contributed by atoms with van der Waals surface area (Å²) >= 11 is 0. The van der Waals surface area contributed by atoms with Crippen LogP contribution in [0.15, 0.2) is 64.2 Å². The topological polar surface area (TPSA) is 38.9 Å². The Morgan fingerprint density at radius 3 is 2.36 bits per heavy atom. The van der Waals surface area contributed by atoms with E-state index in [-0.39, 0.29) is 0 Å². The predicted molar refractivity (Wildman–Crippen MR) is 89.8 cm³/mol. The first kappa shape index (κ1) is 14.5. The van der Waals surface area contributed by atoms with E-state index in [1.165, 1.54) is 11.1 Å². The van der Waals surface area contributed by atoms with Crippen LogP contribution in [-0.4, -0.2) is 10.2 Å². The summed E-state index contributed by atoms with van der Waals surface area (Å²) in [7, 11) is 0. The molecule has 0 amide bonds. The lowest BCUT2D eigenvalue weighted by atomic mass is 10.1. The van der Waals surface area contributed by atoms with Crippen LogP contribution >= 0.6 is 0 Å². The smallest absolute Gasteiger partial charge is 0.247 e. The quantitative estimate of drug-likeness (QED) is 0.778. The zero-order valence-corrected chi connectivity index (χ0v) is 13.2. The number of hydrogen-bond donors (Lipinski definition) is 0. The summed E-state index contributed by atoms with van der Waals surface area (Å²) in [6.45, 7) is 6.34. The fraction of sp³-hybridized carbons (Fsp3) is 0.263. The Balaban J connectivity index is 1.87. The van der Waals surface area contributed by atoms with Crippen LogP contribution in [0, 0.1) is 5.92 Å². The fourth-order valence-electron chi connectivity index (χ4n) is 2.57. The average Bonchev–Trinajstić information content (AvgIpc) is 2.77. The van der Waals surface area contributed by atoms with Crippen LogP contribution in [0.5, 0.6) is 0 Å². The number of allylic oxidation sites excluding steroid dienone is 12. The molecule has 112 valence electrons. The van der Waals surface area contributed by atoms with Crippen LogP contribution in [0.3, 0.4) is 0 Å². The first-order chi connectivity index (χ1) is 10.6. The Morgan fingerprint density at radius 1 is 0.864 bits per heavy atom. The zero-order valence-electron chi connectivity index (χ0n) is 13.2. The Kier molecular flexibility index (Phi) is 4.05. The van der Waals surface area contributed by atoms with E-state index in [2.05, 4.69) is 67.4 Å². The molecule has 1 unspecified atom stereocenters. The van der Waals surface area contributed by atoms with E-state index in [1.54, 1.807) is 0 Å². The molecule has 22 heavy (non-hydrogen) atoms. The molecule has 0 saturated heterocycles. The summed E-state index contributed by atoms with van der Waals surface area (Å²) in [6.07, 6.45) is 17.7. The van der Waals surface area contributed by atoms with E-state index < -0.39 is 0 Å². The van der Waals surface area contributed by atoms with Crippen LogP contribution in [0.4, 0.5) is 0 Å². The van der Waals surface area contributed by atoms with Crippen LogP contribution in [-0.2, 0) is 0 Å². The van der Waals surface area contributed by atoms with Crippen LogP contribution in [0.25, 0.3) is 11.1 Å². The van der Waals surface area contributed by atoms with Gasteiger partial charge in [-0.05, 0) is 38.3 Å². The minimum absolute atomic E-state index is 0.351. The Bertz CT molecular complexity index is 754. The maximum Gasteiger partial charge on any atom is 0.247 e. The van der Waals surface area contributed by atoms with Gasteiger partial charge in [-0.25, -0.2) is 0 Å². The molecule has 0 radical (unpaired) electrons. The molecule has 1 aromatic heterocycles. The van der Waals surface area contributed by atoms with E-state index in [1.807, 2.05) is 12.2 Å². The van der Waals surface area contributed by atoms with Gasteiger partial charge in [0.1, 0.15) is 0 Å². The number of rotatable bonds is 2. The standard InChI is InChI=1S/C19H20N2O/c1-13-5-4-6-16(9-7-13)18-20-21-19(22-18)17-10-8-14(2)11-15(3)12-17/h5-12,15H,4H2,1-3H3. The normalized spacial score (nSPS) is 21.5. The lowest BCUT2D eigenvalue weighted by Gasteiger charge is -1.99. The summed E-state index contributed by atoms with van der Waals surface area (Å²) in [4.78, 5) is 0. The van der Waals surface area contributed by atoms with Crippen molar-refractivity contribution in [1.82, 2.24) is 10.2 Å². The molecule has 1 heterocycles. The number of aromatic nitrogens is 2. The number of hydrogen-bond acceptors (Lipinski definition) is 3. The molecule has 0 saturated carbocycles. The van der Waals surface area contributed by atoms with Gasteiger partial charge in [-0.15, -0.1) is 10.2 Å². The second-order valence-corrected chi connectivity index (χ2v) is 5.81. The molecule has 3 heteroatoms. The van der Waals surface area contributed by atoms with Crippen molar-refractivity contribution in [3.8, 4) is 0 Å². The van der Waals surface area contributed by atoms with Crippen molar-refractivity contribution in [2.45, 2.75) is 27.2 Å². The van der Waals surface area contributed by atoms with E-state index in [4.69, 9.17) is 4.42 Å². The Hall–Kier alpha value is -2.42. The van der Waals surface area contributed by atoms with E-state index in [9.17, 15) is 0 Å². The molecule has 2 aliphatic carbocycles. The molecule has 0 bridgehead atoms. The second kappa shape index (κ2) is 6.14. The SMILES string of the molecule is CC1=CCC=C(c2nnc(C3=CC(C)C=C(C)C=C3)o2)C=C1. The lowest BCUT2D eigenvalue weighted by Crippen LogP contribution is -1.86. The first-order valence-electron chi connectivity index (χ1n) is 7.59. The van der Waals surface area contributed by atoms with Crippen molar-refractivity contribution in [3.05, 3.63) is 71.5 Å². The maximum atomic E-state index is 5.88.